The third-order valence-corrected chi connectivity index (χ3v) is 5.67. The van der Waals surface area contributed by atoms with Crippen molar-refractivity contribution in [1.82, 2.24) is 14.8 Å². The molecule has 0 amide bonds. The summed E-state index contributed by atoms with van der Waals surface area (Å²) in [6, 6.07) is 0. The van der Waals surface area contributed by atoms with Gasteiger partial charge < -0.3 is 4.90 Å². The summed E-state index contributed by atoms with van der Waals surface area (Å²) in [6.45, 7) is 7.48. The normalized spacial score (nSPS) is 22.6. The Morgan fingerprint density at radius 2 is 1.90 bits per heavy atom. The fourth-order valence-electron chi connectivity index (χ4n) is 3.33. The van der Waals surface area contributed by atoms with Crippen LogP contribution in [0.3, 0.4) is 0 Å². The van der Waals surface area contributed by atoms with E-state index in [4.69, 9.17) is 11.6 Å². The Morgan fingerprint density at radius 3 is 2.55 bits per heavy atom. The lowest BCUT2D eigenvalue weighted by Gasteiger charge is -2.33. The van der Waals surface area contributed by atoms with Gasteiger partial charge in [0, 0.05) is 11.9 Å². The first-order valence-corrected chi connectivity index (χ1v) is 9.19. The maximum Gasteiger partial charge on any atom is 0.107 e. The van der Waals surface area contributed by atoms with Crippen molar-refractivity contribution in [2.24, 2.45) is 5.92 Å². The maximum atomic E-state index is 5.81. The summed E-state index contributed by atoms with van der Waals surface area (Å²) in [5, 5.41) is 3.31. The van der Waals surface area contributed by atoms with Gasteiger partial charge in [0.2, 0.25) is 0 Å². The van der Waals surface area contributed by atoms with Crippen LogP contribution < -0.4 is 0 Å². The molecule has 3 nitrogen and oxygen atoms in total. The molecule has 0 saturated carbocycles. The number of alkyl halides is 1. The summed E-state index contributed by atoms with van der Waals surface area (Å²) in [5.41, 5.74) is 1.02. The van der Waals surface area contributed by atoms with Crippen LogP contribution in [0, 0.1) is 5.92 Å². The molecular weight excluding hydrogens is 290 g/mol. The fraction of sp³-hybridized carbons (Fsp3) is 0.800. The molecule has 3 heterocycles. The van der Waals surface area contributed by atoms with Gasteiger partial charge in [-0.25, -0.2) is 4.98 Å². The zero-order valence-electron chi connectivity index (χ0n) is 12.1. The molecule has 0 unspecified atom stereocenters. The molecule has 5 heteroatoms. The molecule has 2 saturated heterocycles. The highest BCUT2D eigenvalue weighted by atomic mass is 35.5. The summed E-state index contributed by atoms with van der Waals surface area (Å²) >= 11 is 7.56. The number of hydrogen-bond donors (Lipinski definition) is 0. The number of piperidine rings is 1. The van der Waals surface area contributed by atoms with Crippen molar-refractivity contribution in [3.63, 3.8) is 0 Å². The third kappa shape index (κ3) is 3.94. The molecular formula is C15H24ClN3S. The molecule has 1 aromatic heterocycles. The lowest BCUT2D eigenvalue weighted by Crippen LogP contribution is -2.37. The molecule has 1 aromatic rings. The van der Waals surface area contributed by atoms with E-state index in [-0.39, 0.29) is 0 Å². The predicted molar refractivity (Wildman–Crippen MR) is 85.3 cm³/mol. The molecule has 3 rings (SSSR count). The number of aromatic nitrogens is 1. The SMILES string of the molecule is ClCc1csc(CN2CCC(CN3CCCC3)CC2)n1. The van der Waals surface area contributed by atoms with E-state index in [1.807, 2.05) is 0 Å². The molecule has 0 N–H and O–H groups in total. The summed E-state index contributed by atoms with van der Waals surface area (Å²) in [6.07, 6.45) is 5.52. The second kappa shape index (κ2) is 7.21. The van der Waals surface area contributed by atoms with Gasteiger partial charge in [-0.15, -0.1) is 22.9 Å². The van der Waals surface area contributed by atoms with Crippen molar-refractivity contribution in [3.8, 4) is 0 Å². The van der Waals surface area contributed by atoms with Crippen LogP contribution in [0.4, 0.5) is 0 Å². The van der Waals surface area contributed by atoms with Crippen molar-refractivity contribution in [2.75, 3.05) is 32.7 Å². The first kappa shape index (κ1) is 14.8. The minimum absolute atomic E-state index is 0.536. The van der Waals surface area contributed by atoms with Crippen molar-refractivity contribution in [2.45, 2.75) is 38.1 Å². The van der Waals surface area contributed by atoms with E-state index in [0.717, 1.165) is 18.2 Å². The Balaban J connectivity index is 1.41. The third-order valence-electron chi connectivity index (χ3n) is 4.52. The summed E-state index contributed by atoms with van der Waals surface area (Å²) in [5.74, 6) is 1.45. The van der Waals surface area contributed by atoms with Crippen LogP contribution in [0.1, 0.15) is 36.4 Å². The number of nitrogens with zero attached hydrogens (tertiary/aromatic N) is 3. The van der Waals surface area contributed by atoms with Crippen LogP contribution in [0.25, 0.3) is 0 Å². The van der Waals surface area contributed by atoms with Crippen molar-refractivity contribution in [1.29, 1.82) is 0 Å². The van der Waals surface area contributed by atoms with Gasteiger partial charge in [-0.05, 0) is 57.8 Å². The average molecular weight is 314 g/mol. The van der Waals surface area contributed by atoms with Crippen LogP contribution in [0.5, 0.6) is 0 Å². The van der Waals surface area contributed by atoms with Gasteiger partial charge in [-0.3, -0.25) is 4.90 Å². The van der Waals surface area contributed by atoms with Crippen LogP contribution >= 0.6 is 22.9 Å². The van der Waals surface area contributed by atoms with Crippen molar-refractivity contribution in [3.05, 3.63) is 16.1 Å². The van der Waals surface area contributed by atoms with Crippen LogP contribution in [-0.2, 0) is 12.4 Å². The molecule has 2 fully saturated rings. The molecule has 0 atom stereocenters. The molecule has 0 radical (unpaired) electrons. The molecule has 0 aliphatic carbocycles. The van der Waals surface area contributed by atoms with Crippen LogP contribution in [0.2, 0.25) is 0 Å². The maximum absolute atomic E-state index is 5.81. The quantitative estimate of drug-likeness (QED) is 0.778. The van der Waals surface area contributed by atoms with E-state index in [1.54, 1.807) is 11.3 Å². The molecule has 2 aliphatic heterocycles. The minimum atomic E-state index is 0.536. The van der Waals surface area contributed by atoms with Gasteiger partial charge >= 0.3 is 0 Å². The van der Waals surface area contributed by atoms with E-state index >= 15 is 0 Å². The van der Waals surface area contributed by atoms with E-state index < -0.39 is 0 Å². The molecule has 0 spiro atoms. The largest absolute Gasteiger partial charge is 0.303 e. The summed E-state index contributed by atoms with van der Waals surface area (Å²) < 4.78 is 0. The monoisotopic (exact) mass is 313 g/mol. The van der Waals surface area contributed by atoms with Gasteiger partial charge in [0.15, 0.2) is 0 Å². The second-order valence-electron chi connectivity index (χ2n) is 6.09. The topological polar surface area (TPSA) is 19.4 Å². The standard InChI is InChI=1S/C15H24ClN3S/c16-9-14-12-20-15(17-14)11-19-7-3-13(4-8-19)10-18-5-1-2-6-18/h12-13H,1-11H2. The number of halogens is 1. The zero-order valence-corrected chi connectivity index (χ0v) is 13.6. The van der Waals surface area contributed by atoms with Gasteiger partial charge in [0.25, 0.3) is 0 Å². The molecule has 112 valence electrons. The minimum Gasteiger partial charge on any atom is -0.303 e. The second-order valence-corrected chi connectivity index (χ2v) is 7.30. The van der Waals surface area contributed by atoms with E-state index in [9.17, 15) is 0 Å². The first-order valence-electron chi connectivity index (χ1n) is 7.77. The van der Waals surface area contributed by atoms with E-state index in [1.165, 1.54) is 63.4 Å². The highest BCUT2D eigenvalue weighted by Crippen LogP contribution is 2.22. The highest BCUT2D eigenvalue weighted by molar-refractivity contribution is 7.09. The lowest BCUT2D eigenvalue weighted by molar-refractivity contribution is 0.149. The molecule has 0 aromatic carbocycles. The fourth-order valence-corrected chi connectivity index (χ4v) is 4.40. The van der Waals surface area contributed by atoms with Gasteiger partial charge in [-0.2, -0.15) is 0 Å². The molecule has 2 aliphatic rings. The number of likely N-dealkylation sites (tertiary alicyclic amines) is 2. The molecule has 20 heavy (non-hydrogen) atoms. The van der Waals surface area contributed by atoms with E-state index in [0.29, 0.717) is 5.88 Å². The summed E-state index contributed by atoms with van der Waals surface area (Å²) in [4.78, 5) is 9.78. The number of hydrogen-bond acceptors (Lipinski definition) is 4. The Morgan fingerprint density at radius 1 is 1.15 bits per heavy atom. The Bertz CT molecular complexity index is 409. The zero-order chi connectivity index (χ0) is 13.8. The predicted octanol–water partition coefficient (Wildman–Crippen LogP) is 3.19. The van der Waals surface area contributed by atoms with Crippen LogP contribution in [-0.4, -0.2) is 47.5 Å². The Hall–Kier alpha value is -0.160. The average Bonchev–Trinajstić information content (AvgIpc) is 3.12. The van der Waals surface area contributed by atoms with Gasteiger partial charge in [0.05, 0.1) is 18.1 Å². The van der Waals surface area contributed by atoms with Crippen LogP contribution in [0.15, 0.2) is 5.38 Å². The van der Waals surface area contributed by atoms with Crippen molar-refractivity contribution >= 4 is 22.9 Å². The Kier molecular flexibility index (Phi) is 5.32. The highest BCUT2D eigenvalue weighted by Gasteiger charge is 2.23. The Labute approximate surface area is 130 Å². The van der Waals surface area contributed by atoms with Gasteiger partial charge in [0.1, 0.15) is 5.01 Å². The summed E-state index contributed by atoms with van der Waals surface area (Å²) in [7, 11) is 0. The smallest absolute Gasteiger partial charge is 0.107 e. The van der Waals surface area contributed by atoms with Crippen molar-refractivity contribution < 1.29 is 0 Å². The molecule has 0 bridgehead atoms. The first-order chi connectivity index (χ1) is 9.83. The lowest BCUT2D eigenvalue weighted by atomic mass is 9.96. The number of thiazole rings is 1. The number of rotatable bonds is 5. The van der Waals surface area contributed by atoms with Gasteiger partial charge in [-0.1, -0.05) is 0 Å². The van der Waals surface area contributed by atoms with E-state index in [2.05, 4.69) is 20.2 Å².